The van der Waals surface area contributed by atoms with Crippen LogP contribution < -0.4 is 9.88 Å². The Kier molecular flexibility index (Phi) is 3.56. The number of nitro groups is 1. The van der Waals surface area contributed by atoms with Crippen molar-refractivity contribution in [3.63, 3.8) is 0 Å². The molecule has 7 heteroatoms. The smallest absolute Gasteiger partial charge is 0.355 e. The molecular formula is C15H14N3O4+. The zero-order valence-corrected chi connectivity index (χ0v) is 11.8. The van der Waals surface area contributed by atoms with E-state index in [1.54, 1.807) is 47.2 Å². The maximum atomic E-state index is 12.3. The summed E-state index contributed by atoms with van der Waals surface area (Å²) >= 11 is 0. The second-order valence-corrected chi connectivity index (χ2v) is 4.90. The summed E-state index contributed by atoms with van der Waals surface area (Å²) in [6.45, 7) is 0. The predicted octanol–water partition coefficient (Wildman–Crippen LogP) is 1.76. The standard InChI is InChI=1S/C15H13N3O4/c1-22-14(10-6-2-3-7-11(10)18(20)21)13-15(19)16-12-8-4-5-9-17(12)13/h2-9,13-14H,1H3/p+1/t13-,14-/m1/s1. The lowest BCUT2D eigenvalue weighted by atomic mass is 10.00. The summed E-state index contributed by atoms with van der Waals surface area (Å²) in [7, 11) is 1.44. The Balaban J connectivity index is 2.10. The SMILES string of the molecule is CO[C@H](c1ccccc1[N+](=O)[O-])[C@@H]1C(=O)Nc2cccc[n+]21. The minimum atomic E-state index is -0.754. The molecule has 22 heavy (non-hydrogen) atoms. The monoisotopic (exact) mass is 300 g/mol. The molecule has 0 fully saturated rings. The van der Waals surface area contributed by atoms with E-state index in [0.29, 0.717) is 11.4 Å². The zero-order chi connectivity index (χ0) is 15.7. The number of amides is 1. The van der Waals surface area contributed by atoms with E-state index in [9.17, 15) is 14.9 Å². The third-order valence-electron chi connectivity index (χ3n) is 3.69. The molecule has 0 saturated heterocycles. The highest BCUT2D eigenvalue weighted by atomic mass is 16.6. The van der Waals surface area contributed by atoms with Crippen molar-refractivity contribution in [3.8, 4) is 0 Å². The van der Waals surface area contributed by atoms with Crippen molar-refractivity contribution >= 4 is 17.4 Å². The number of nitrogens with one attached hydrogen (secondary N) is 1. The molecule has 0 spiro atoms. The second-order valence-electron chi connectivity index (χ2n) is 4.90. The van der Waals surface area contributed by atoms with Crippen molar-refractivity contribution in [1.82, 2.24) is 0 Å². The molecule has 3 rings (SSSR count). The van der Waals surface area contributed by atoms with Gasteiger partial charge >= 0.3 is 5.91 Å². The molecule has 112 valence electrons. The Morgan fingerprint density at radius 1 is 1.27 bits per heavy atom. The molecule has 0 saturated carbocycles. The molecule has 0 radical (unpaired) electrons. The van der Waals surface area contributed by atoms with Crippen molar-refractivity contribution in [1.29, 1.82) is 0 Å². The molecule has 1 N–H and O–H groups in total. The van der Waals surface area contributed by atoms with Gasteiger partial charge in [-0.15, -0.1) is 0 Å². The number of methoxy groups -OCH3 is 1. The highest BCUT2D eigenvalue weighted by molar-refractivity contribution is 5.94. The first-order valence-corrected chi connectivity index (χ1v) is 6.70. The fourth-order valence-corrected chi connectivity index (χ4v) is 2.73. The first-order valence-electron chi connectivity index (χ1n) is 6.70. The zero-order valence-electron chi connectivity index (χ0n) is 11.8. The van der Waals surface area contributed by atoms with E-state index in [-0.39, 0.29) is 11.6 Å². The molecule has 1 amide bonds. The maximum Gasteiger partial charge on any atom is 0.355 e. The number of hydrogen-bond acceptors (Lipinski definition) is 4. The number of rotatable bonds is 4. The van der Waals surface area contributed by atoms with Crippen LogP contribution in [0.5, 0.6) is 0 Å². The number of para-hydroxylation sites is 1. The predicted molar refractivity (Wildman–Crippen MR) is 77.2 cm³/mol. The first kappa shape index (κ1) is 14.2. The number of anilines is 1. The molecule has 1 aromatic carbocycles. The average molecular weight is 300 g/mol. The van der Waals surface area contributed by atoms with Gasteiger partial charge in [0.2, 0.25) is 6.04 Å². The van der Waals surface area contributed by atoms with Crippen LogP contribution in [0.15, 0.2) is 48.7 Å². The second kappa shape index (κ2) is 5.53. The number of hydrogen-bond donors (Lipinski definition) is 1. The molecule has 2 atom stereocenters. The van der Waals surface area contributed by atoms with Gasteiger partial charge in [-0.2, -0.15) is 0 Å². The summed E-state index contributed by atoms with van der Waals surface area (Å²) in [4.78, 5) is 23.1. The summed E-state index contributed by atoms with van der Waals surface area (Å²) in [6, 6.07) is 11.0. The van der Waals surface area contributed by atoms with E-state index in [2.05, 4.69) is 5.32 Å². The van der Waals surface area contributed by atoms with E-state index >= 15 is 0 Å². The Morgan fingerprint density at radius 3 is 2.73 bits per heavy atom. The van der Waals surface area contributed by atoms with Crippen LogP contribution in [0.3, 0.4) is 0 Å². The van der Waals surface area contributed by atoms with Crippen LogP contribution in [0.1, 0.15) is 17.7 Å². The van der Waals surface area contributed by atoms with Gasteiger partial charge in [-0.05, 0) is 12.1 Å². The maximum absolute atomic E-state index is 12.3. The summed E-state index contributed by atoms with van der Waals surface area (Å²) in [5, 5.41) is 14.0. The number of carbonyl (C=O) groups excluding carboxylic acids is 1. The Bertz CT molecular complexity index is 747. The number of nitro benzene ring substituents is 1. The van der Waals surface area contributed by atoms with E-state index < -0.39 is 17.1 Å². The largest absolute Gasteiger partial charge is 0.371 e. The molecular weight excluding hydrogens is 286 g/mol. The minimum Gasteiger partial charge on any atom is -0.371 e. The van der Waals surface area contributed by atoms with Gasteiger partial charge in [0.15, 0.2) is 0 Å². The lowest BCUT2D eigenvalue weighted by molar-refractivity contribution is -0.697. The molecule has 0 unspecified atom stereocenters. The van der Waals surface area contributed by atoms with E-state index in [1.165, 1.54) is 13.2 Å². The summed E-state index contributed by atoms with van der Waals surface area (Å²) < 4.78 is 7.18. The third kappa shape index (κ3) is 2.21. The normalized spacial score (nSPS) is 17.7. The molecule has 1 aliphatic heterocycles. The fourth-order valence-electron chi connectivity index (χ4n) is 2.73. The highest BCUT2D eigenvalue weighted by Crippen LogP contribution is 2.35. The van der Waals surface area contributed by atoms with Crippen molar-refractivity contribution in [2.75, 3.05) is 12.4 Å². The average Bonchev–Trinajstić information content (AvgIpc) is 2.85. The number of carbonyl (C=O) groups is 1. The van der Waals surface area contributed by atoms with Crippen LogP contribution in [-0.2, 0) is 9.53 Å². The number of ether oxygens (including phenoxy) is 1. The van der Waals surface area contributed by atoms with Crippen molar-refractivity contribution in [2.24, 2.45) is 0 Å². The number of nitrogens with zero attached hydrogens (tertiary/aromatic N) is 2. The van der Waals surface area contributed by atoms with Gasteiger partial charge < -0.3 is 4.74 Å². The van der Waals surface area contributed by atoms with E-state index in [1.807, 2.05) is 0 Å². The molecule has 0 bridgehead atoms. The Hall–Kier alpha value is -2.80. The Morgan fingerprint density at radius 2 is 2.00 bits per heavy atom. The van der Waals surface area contributed by atoms with Gasteiger partial charge in [0.25, 0.3) is 11.5 Å². The van der Waals surface area contributed by atoms with Crippen LogP contribution >= 0.6 is 0 Å². The molecule has 1 aromatic heterocycles. The molecule has 1 aliphatic rings. The molecule has 2 heterocycles. The number of aromatic nitrogens is 1. The number of benzene rings is 1. The molecule has 2 aromatic rings. The summed E-state index contributed by atoms with van der Waals surface area (Å²) in [6.07, 6.45) is 0.994. The molecule has 7 nitrogen and oxygen atoms in total. The van der Waals surface area contributed by atoms with Gasteiger partial charge in [0, 0.05) is 19.2 Å². The van der Waals surface area contributed by atoms with Crippen LogP contribution in [-0.4, -0.2) is 17.9 Å². The van der Waals surface area contributed by atoms with Crippen LogP contribution in [0.25, 0.3) is 0 Å². The van der Waals surface area contributed by atoms with Crippen molar-refractivity contribution in [3.05, 3.63) is 64.3 Å². The Labute approximate surface area is 126 Å². The lowest BCUT2D eigenvalue weighted by Crippen LogP contribution is -2.42. The minimum absolute atomic E-state index is 0.0628. The van der Waals surface area contributed by atoms with Crippen LogP contribution in [0, 0.1) is 10.1 Å². The van der Waals surface area contributed by atoms with E-state index in [4.69, 9.17) is 4.74 Å². The number of fused-ring (bicyclic) bond motifs is 1. The van der Waals surface area contributed by atoms with Crippen LogP contribution in [0.2, 0.25) is 0 Å². The topological polar surface area (TPSA) is 85.3 Å². The first-order chi connectivity index (χ1) is 10.6. The number of pyridine rings is 1. The van der Waals surface area contributed by atoms with Crippen LogP contribution in [0.4, 0.5) is 11.5 Å². The van der Waals surface area contributed by atoms with Gasteiger partial charge in [-0.25, -0.2) is 14.7 Å². The van der Waals surface area contributed by atoms with Crippen molar-refractivity contribution < 1.29 is 19.0 Å². The quantitative estimate of drug-likeness (QED) is 0.529. The summed E-state index contributed by atoms with van der Waals surface area (Å²) in [5.74, 6) is 0.384. The van der Waals surface area contributed by atoms with Gasteiger partial charge in [0.05, 0.1) is 16.7 Å². The fraction of sp³-hybridized carbons (Fsp3) is 0.200. The third-order valence-corrected chi connectivity index (χ3v) is 3.69. The van der Waals surface area contributed by atoms with Gasteiger partial charge in [-0.1, -0.05) is 18.2 Å². The molecule has 0 aliphatic carbocycles. The van der Waals surface area contributed by atoms with Gasteiger partial charge in [0.1, 0.15) is 6.10 Å². The van der Waals surface area contributed by atoms with Gasteiger partial charge in [-0.3, -0.25) is 10.1 Å². The lowest BCUT2D eigenvalue weighted by Gasteiger charge is -2.18. The highest BCUT2D eigenvalue weighted by Gasteiger charge is 2.46. The summed E-state index contributed by atoms with van der Waals surface area (Å²) in [5.41, 5.74) is 0.312. The van der Waals surface area contributed by atoms with E-state index in [0.717, 1.165) is 0 Å². The van der Waals surface area contributed by atoms with Crippen molar-refractivity contribution in [2.45, 2.75) is 12.1 Å².